The molecule has 0 aliphatic heterocycles. The van der Waals surface area contributed by atoms with E-state index in [9.17, 15) is 8.42 Å². The molecule has 1 N–H and O–H groups in total. The van der Waals surface area contributed by atoms with Crippen molar-refractivity contribution in [3.05, 3.63) is 70.3 Å². The van der Waals surface area contributed by atoms with Gasteiger partial charge in [-0.1, -0.05) is 42.5 Å². The van der Waals surface area contributed by atoms with E-state index in [1.54, 1.807) is 0 Å². The van der Waals surface area contributed by atoms with Gasteiger partial charge in [-0.05, 0) is 55.5 Å². The summed E-state index contributed by atoms with van der Waals surface area (Å²) in [5.74, 6) is 0.00205. The summed E-state index contributed by atoms with van der Waals surface area (Å²) in [4.78, 5) is 0. The van der Waals surface area contributed by atoms with E-state index in [0.29, 0.717) is 0 Å². The van der Waals surface area contributed by atoms with E-state index >= 15 is 0 Å². The summed E-state index contributed by atoms with van der Waals surface area (Å²) >= 11 is 0. The molecule has 0 aromatic heterocycles. The molecule has 22 heavy (non-hydrogen) atoms. The Balaban J connectivity index is 2.17. The summed E-state index contributed by atoms with van der Waals surface area (Å²) < 4.78 is 27.5. The maximum Gasteiger partial charge on any atom is 0.216 e. The minimum Gasteiger partial charge on any atom is -0.212 e. The fourth-order valence-electron chi connectivity index (χ4n) is 2.62. The van der Waals surface area contributed by atoms with Gasteiger partial charge < -0.3 is 0 Å². The highest BCUT2D eigenvalue weighted by Crippen LogP contribution is 2.22. The van der Waals surface area contributed by atoms with Crippen LogP contribution in [0.2, 0.25) is 0 Å². The van der Waals surface area contributed by atoms with Crippen LogP contribution in [0.3, 0.4) is 0 Å². The van der Waals surface area contributed by atoms with Gasteiger partial charge in [-0.3, -0.25) is 0 Å². The lowest BCUT2D eigenvalue weighted by Gasteiger charge is -2.18. The Kier molecular flexibility index (Phi) is 5.04. The zero-order valence-electron chi connectivity index (χ0n) is 13.6. The number of benzene rings is 2. The third-order valence-corrected chi connectivity index (χ3v) is 5.33. The first-order valence-corrected chi connectivity index (χ1v) is 9.05. The Labute approximate surface area is 133 Å². The van der Waals surface area contributed by atoms with Gasteiger partial charge in [0.05, 0.1) is 5.75 Å². The molecule has 0 radical (unpaired) electrons. The summed E-state index contributed by atoms with van der Waals surface area (Å²) in [5, 5.41) is 0. The molecule has 1 atom stereocenters. The average Bonchev–Trinajstić information content (AvgIpc) is 2.42. The molecule has 3 nitrogen and oxygen atoms in total. The Hall–Kier alpha value is -1.65. The first-order valence-electron chi connectivity index (χ1n) is 7.40. The van der Waals surface area contributed by atoms with Crippen LogP contribution >= 0.6 is 0 Å². The monoisotopic (exact) mass is 317 g/mol. The molecule has 0 aliphatic carbocycles. The first kappa shape index (κ1) is 16.7. The summed E-state index contributed by atoms with van der Waals surface area (Å²) in [6, 6.07) is 13.2. The highest BCUT2D eigenvalue weighted by Gasteiger charge is 2.18. The van der Waals surface area contributed by atoms with Gasteiger partial charge in [-0.25, -0.2) is 13.1 Å². The normalized spacial score (nSPS) is 13.1. The van der Waals surface area contributed by atoms with Gasteiger partial charge in [0.15, 0.2) is 0 Å². The van der Waals surface area contributed by atoms with Crippen LogP contribution in [0.1, 0.15) is 40.8 Å². The van der Waals surface area contributed by atoms with Crippen molar-refractivity contribution in [2.24, 2.45) is 0 Å². The molecule has 0 unspecified atom stereocenters. The number of rotatable bonds is 5. The Morgan fingerprint density at radius 3 is 2.18 bits per heavy atom. The Morgan fingerprint density at radius 2 is 1.55 bits per heavy atom. The van der Waals surface area contributed by atoms with Crippen LogP contribution in [0.25, 0.3) is 0 Å². The third-order valence-electron chi connectivity index (χ3n) is 3.90. The van der Waals surface area contributed by atoms with Gasteiger partial charge in [0.1, 0.15) is 0 Å². The average molecular weight is 317 g/mol. The SMILES string of the molecule is Cc1cc(C)c([C@@H](C)NS(=O)(=O)Cc2ccccc2)cc1C. The van der Waals surface area contributed by atoms with Crippen molar-refractivity contribution >= 4 is 10.0 Å². The van der Waals surface area contributed by atoms with E-state index in [1.165, 1.54) is 11.1 Å². The van der Waals surface area contributed by atoms with Crippen LogP contribution < -0.4 is 4.72 Å². The Bertz CT molecular complexity index is 752. The van der Waals surface area contributed by atoms with Crippen molar-refractivity contribution < 1.29 is 8.42 Å². The van der Waals surface area contributed by atoms with Crippen LogP contribution in [0, 0.1) is 20.8 Å². The second kappa shape index (κ2) is 6.63. The Morgan fingerprint density at radius 1 is 0.955 bits per heavy atom. The van der Waals surface area contributed by atoms with Crippen LogP contribution in [-0.2, 0) is 15.8 Å². The molecule has 0 fully saturated rings. The molecule has 0 aliphatic rings. The molecule has 2 aromatic carbocycles. The third kappa shape index (κ3) is 4.18. The fourth-order valence-corrected chi connectivity index (χ4v) is 4.00. The van der Waals surface area contributed by atoms with Gasteiger partial charge >= 0.3 is 0 Å². The smallest absolute Gasteiger partial charge is 0.212 e. The topological polar surface area (TPSA) is 46.2 Å². The lowest BCUT2D eigenvalue weighted by atomic mass is 9.97. The predicted molar refractivity (Wildman–Crippen MR) is 91.3 cm³/mol. The molecule has 118 valence electrons. The van der Waals surface area contributed by atoms with Gasteiger partial charge in [0.25, 0.3) is 0 Å². The van der Waals surface area contributed by atoms with Crippen LogP contribution in [0.5, 0.6) is 0 Å². The number of nitrogens with one attached hydrogen (secondary N) is 1. The second-order valence-electron chi connectivity index (χ2n) is 5.88. The minimum absolute atomic E-state index is 0.00205. The largest absolute Gasteiger partial charge is 0.216 e. The van der Waals surface area contributed by atoms with Crippen LogP contribution in [-0.4, -0.2) is 8.42 Å². The van der Waals surface area contributed by atoms with E-state index in [1.807, 2.05) is 51.1 Å². The summed E-state index contributed by atoms with van der Waals surface area (Å²) in [6.45, 7) is 8.02. The number of aryl methyl sites for hydroxylation is 3. The van der Waals surface area contributed by atoms with Gasteiger partial charge in [0, 0.05) is 6.04 Å². The maximum atomic E-state index is 12.3. The summed E-state index contributed by atoms with van der Waals surface area (Å²) in [5.41, 5.74) is 5.33. The molecule has 2 rings (SSSR count). The van der Waals surface area contributed by atoms with Gasteiger partial charge in [-0.2, -0.15) is 0 Å². The van der Waals surface area contributed by atoms with Crippen LogP contribution in [0.4, 0.5) is 0 Å². The van der Waals surface area contributed by atoms with E-state index < -0.39 is 10.0 Å². The number of hydrogen-bond acceptors (Lipinski definition) is 2. The van der Waals surface area contributed by atoms with E-state index in [4.69, 9.17) is 0 Å². The molecule has 0 heterocycles. The van der Waals surface area contributed by atoms with Crippen molar-refractivity contribution in [1.29, 1.82) is 0 Å². The molecular weight excluding hydrogens is 294 g/mol. The maximum absolute atomic E-state index is 12.3. The molecule has 4 heteroatoms. The van der Waals surface area contributed by atoms with Crippen molar-refractivity contribution in [3.63, 3.8) is 0 Å². The highest BCUT2D eigenvalue weighted by molar-refractivity contribution is 7.88. The lowest BCUT2D eigenvalue weighted by Crippen LogP contribution is -2.28. The molecule has 0 bridgehead atoms. The molecule has 0 saturated carbocycles. The predicted octanol–water partition coefficient (Wildman–Crippen LogP) is 3.79. The summed E-state index contributed by atoms with van der Waals surface area (Å²) in [6.07, 6.45) is 0. The van der Waals surface area contributed by atoms with Crippen molar-refractivity contribution in [1.82, 2.24) is 4.72 Å². The first-order chi connectivity index (χ1) is 10.3. The van der Waals surface area contributed by atoms with Crippen LogP contribution in [0.15, 0.2) is 42.5 Å². The zero-order valence-corrected chi connectivity index (χ0v) is 14.4. The zero-order chi connectivity index (χ0) is 16.3. The number of hydrogen-bond donors (Lipinski definition) is 1. The van der Waals surface area contributed by atoms with Gasteiger partial charge in [0.2, 0.25) is 10.0 Å². The van der Waals surface area contributed by atoms with E-state index in [-0.39, 0.29) is 11.8 Å². The number of sulfonamides is 1. The molecule has 0 amide bonds. The van der Waals surface area contributed by atoms with E-state index in [0.717, 1.165) is 16.7 Å². The second-order valence-corrected chi connectivity index (χ2v) is 7.63. The molecule has 0 saturated heterocycles. The quantitative estimate of drug-likeness (QED) is 0.912. The minimum atomic E-state index is -3.37. The fraction of sp³-hybridized carbons (Fsp3) is 0.333. The van der Waals surface area contributed by atoms with Crippen molar-refractivity contribution in [2.75, 3.05) is 0 Å². The lowest BCUT2D eigenvalue weighted by molar-refractivity contribution is 0.565. The van der Waals surface area contributed by atoms with Gasteiger partial charge in [-0.15, -0.1) is 0 Å². The standard InChI is InChI=1S/C18H23NO2S/c1-13-10-15(3)18(11-14(13)2)16(4)19-22(20,21)12-17-8-6-5-7-9-17/h5-11,16,19H,12H2,1-4H3/t16-/m1/s1. The highest BCUT2D eigenvalue weighted by atomic mass is 32.2. The molecule has 0 spiro atoms. The molecular formula is C18H23NO2S. The summed E-state index contributed by atoms with van der Waals surface area (Å²) in [7, 11) is -3.37. The molecule has 2 aromatic rings. The van der Waals surface area contributed by atoms with Crippen molar-refractivity contribution in [2.45, 2.75) is 39.5 Å². The van der Waals surface area contributed by atoms with E-state index in [2.05, 4.69) is 23.8 Å². The van der Waals surface area contributed by atoms with Crippen molar-refractivity contribution in [3.8, 4) is 0 Å².